The molecule has 0 amide bonds. The van der Waals surface area contributed by atoms with E-state index < -0.39 is 0 Å². The lowest BCUT2D eigenvalue weighted by Crippen LogP contribution is -2.40. The van der Waals surface area contributed by atoms with E-state index in [0.717, 1.165) is 24.5 Å². The maximum absolute atomic E-state index is 6.47. The number of nitrogens with two attached hydrogens (primary N) is 1. The van der Waals surface area contributed by atoms with Gasteiger partial charge in [-0.25, -0.2) is 0 Å². The van der Waals surface area contributed by atoms with Crippen LogP contribution in [-0.2, 0) is 0 Å². The maximum atomic E-state index is 6.47. The molecule has 0 aliphatic carbocycles. The first-order chi connectivity index (χ1) is 10.0. The highest BCUT2D eigenvalue weighted by molar-refractivity contribution is 6.30. The van der Waals surface area contributed by atoms with Gasteiger partial charge in [0.2, 0.25) is 0 Å². The fourth-order valence-electron chi connectivity index (χ4n) is 3.68. The molecule has 0 spiro atoms. The fraction of sp³-hybridized carbons (Fsp3) is 0.667. The van der Waals surface area contributed by atoms with Crippen molar-refractivity contribution in [2.75, 3.05) is 13.1 Å². The molecule has 0 aromatic heterocycles. The maximum Gasteiger partial charge on any atom is 0.0499 e. The van der Waals surface area contributed by atoms with Gasteiger partial charge in [0.05, 0.1) is 0 Å². The van der Waals surface area contributed by atoms with Crippen molar-refractivity contribution in [3.8, 4) is 0 Å². The van der Waals surface area contributed by atoms with E-state index in [1.165, 1.54) is 24.8 Å². The van der Waals surface area contributed by atoms with Gasteiger partial charge in [0, 0.05) is 23.7 Å². The van der Waals surface area contributed by atoms with Gasteiger partial charge in [-0.2, -0.15) is 0 Å². The first-order valence-corrected chi connectivity index (χ1v) is 8.68. The molecule has 0 saturated carbocycles. The Bertz CT molecular complexity index is 456. The Hall–Kier alpha value is -0.570. The van der Waals surface area contributed by atoms with Crippen LogP contribution < -0.4 is 5.73 Å². The quantitative estimate of drug-likeness (QED) is 0.830. The van der Waals surface area contributed by atoms with Crippen LogP contribution in [0.3, 0.4) is 0 Å². The minimum absolute atomic E-state index is 0.160. The molecule has 1 heterocycles. The van der Waals surface area contributed by atoms with E-state index in [4.69, 9.17) is 17.3 Å². The number of halogens is 1. The summed E-state index contributed by atoms with van der Waals surface area (Å²) in [4.78, 5) is 2.59. The summed E-state index contributed by atoms with van der Waals surface area (Å²) in [7, 11) is 0. The molecule has 1 aliphatic rings. The second-order valence-electron chi connectivity index (χ2n) is 6.50. The van der Waals surface area contributed by atoms with Crippen molar-refractivity contribution in [3.63, 3.8) is 0 Å². The number of likely N-dealkylation sites (tertiary alicyclic amines) is 1. The molecular formula is C18H29ClN2. The molecule has 1 aromatic carbocycles. The summed E-state index contributed by atoms with van der Waals surface area (Å²) in [5.41, 5.74) is 8.21. The lowest BCUT2D eigenvalue weighted by molar-refractivity contribution is 0.172. The summed E-state index contributed by atoms with van der Waals surface area (Å²) in [6, 6.07) is 8.67. The van der Waals surface area contributed by atoms with Gasteiger partial charge >= 0.3 is 0 Å². The predicted octanol–water partition coefficient (Wildman–Crippen LogP) is 4.63. The second kappa shape index (κ2) is 7.13. The molecule has 2 unspecified atom stereocenters. The third kappa shape index (κ3) is 3.61. The van der Waals surface area contributed by atoms with Crippen molar-refractivity contribution >= 4 is 11.6 Å². The smallest absolute Gasteiger partial charge is 0.0499 e. The average Bonchev–Trinajstić information content (AvgIpc) is 2.92. The van der Waals surface area contributed by atoms with Crippen LogP contribution in [0.1, 0.15) is 58.1 Å². The SMILES string of the molecule is CCC(N)C(c1cccc(Cl)c1)N1CCC(CC)(CC)C1. The van der Waals surface area contributed by atoms with Gasteiger partial charge in [-0.1, -0.05) is 44.5 Å². The highest BCUT2D eigenvalue weighted by Crippen LogP contribution is 2.41. The van der Waals surface area contributed by atoms with Crippen LogP contribution in [0.5, 0.6) is 0 Å². The van der Waals surface area contributed by atoms with Crippen LogP contribution in [-0.4, -0.2) is 24.0 Å². The van der Waals surface area contributed by atoms with E-state index in [-0.39, 0.29) is 12.1 Å². The zero-order valence-corrected chi connectivity index (χ0v) is 14.4. The summed E-state index contributed by atoms with van der Waals surface area (Å²) in [5.74, 6) is 0. The molecule has 1 saturated heterocycles. The molecule has 0 radical (unpaired) electrons. The number of hydrogen-bond donors (Lipinski definition) is 1. The lowest BCUT2D eigenvalue weighted by Gasteiger charge is -2.35. The van der Waals surface area contributed by atoms with Crippen LogP contribution in [0.4, 0.5) is 0 Å². The molecule has 118 valence electrons. The number of nitrogens with zero attached hydrogens (tertiary/aromatic N) is 1. The van der Waals surface area contributed by atoms with E-state index >= 15 is 0 Å². The molecule has 2 N–H and O–H groups in total. The Kier molecular flexibility index (Phi) is 5.70. The largest absolute Gasteiger partial charge is 0.326 e. The van der Waals surface area contributed by atoms with Crippen molar-refractivity contribution in [3.05, 3.63) is 34.9 Å². The van der Waals surface area contributed by atoms with E-state index in [1.807, 2.05) is 12.1 Å². The lowest BCUT2D eigenvalue weighted by atomic mass is 9.82. The number of rotatable bonds is 6. The van der Waals surface area contributed by atoms with Gasteiger partial charge < -0.3 is 5.73 Å². The van der Waals surface area contributed by atoms with Crippen LogP contribution in [0.25, 0.3) is 0 Å². The van der Waals surface area contributed by atoms with Crippen LogP contribution in [0.15, 0.2) is 24.3 Å². The van der Waals surface area contributed by atoms with Crippen molar-refractivity contribution in [1.82, 2.24) is 4.90 Å². The summed E-state index contributed by atoms with van der Waals surface area (Å²) >= 11 is 6.19. The van der Waals surface area contributed by atoms with Crippen molar-refractivity contribution < 1.29 is 0 Å². The van der Waals surface area contributed by atoms with Gasteiger partial charge in [0.1, 0.15) is 0 Å². The van der Waals surface area contributed by atoms with Crippen LogP contribution in [0, 0.1) is 5.41 Å². The molecule has 21 heavy (non-hydrogen) atoms. The molecule has 2 rings (SSSR count). The van der Waals surface area contributed by atoms with E-state index in [1.54, 1.807) is 0 Å². The molecule has 3 heteroatoms. The van der Waals surface area contributed by atoms with Gasteiger partial charge in [0.25, 0.3) is 0 Å². The molecule has 1 aliphatic heterocycles. The van der Waals surface area contributed by atoms with Crippen LogP contribution in [0.2, 0.25) is 5.02 Å². The van der Waals surface area contributed by atoms with Gasteiger partial charge in [-0.15, -0.1) is 0 Å². The monoisotopic (exact) mass is 308 g/mol. The predicted molar refractivity (Wildman–Crippen MR) is 91.7 cm³/mol. The molecule has 1 fully saturated rings. The Morgan fingerprint density at radius 1 is 1.29 bits per heavy atom. The Morgan fingerprint density at radius 2 is 2.00 bits per heavy atom. The summed E-state index contributed by atoms with van der Waals surface area (Å²) in [6.45, 7) is 9.12. The normalized spacial score (nSPS) is 21.4. The third-order valence-corrected chi connectivity index (χ3v) is 5.66. The fourth-order valence-corrected chi connectivity index (χ4v) is 3.88. The Morgan fingerprint density at radius 3 is 2.52 bits per heavy atom. The molecule has 2 atom stereocenters. The second-order valence-corrected chi connectivity index (χ2v) is 6.94. The van der Waals surface area contributed by atoms with Crippen molar-refractivity contribution in [1.29, 1.82) is 0 Å². The van der Waals surface area contributed by atoms with Gasteiger partial charge in [0.15, 0.2) is 0 Å². The highest BCUT2D eigenvalue weighted by atomic mass is 35.5. The molecule has 0 bridgehead atoms. The van der Waals surface area contributed by atoms with Gasteiger partial charge in [-0.3, -0.25) is 4.90 Å². The minimum atomic E-state index is 0.160. The van der Waals surface area contributed by atoms with E-state index in [9.17, 15) is 0 Å². The van der Waals surface area contributed by atoms with Gasteiger partial charge in [-0.05, 0) is 55.3 Å². The summed E-state index contributed by atoms with van der Waals surface area (Å²) in [6.07, 6.45) is 4.78. The van der Waals surface area contributed by atoms with E-state index in [0.29, 0.717) is 5.41 Å². The average molecular weight is 309 g/mol. The standard InChI is InChI=1S/C18H29ClN2/c1-4-16(20)17(14-8-7-9-15(19)12-14)21-11-10-18(5-2,6-3)13-21/h7-9,12,16-17H,4-6,10-11,13,20H2,1-3H3. The first kappa shape index (κ1) is 16.8. The molecule has 2 nitrogen and oxygen atoms in total. The topological polar surface area (TPSA) is 29.3 Å². The first-order valence-electron chi connectivity index (χ1n) is 8.30. The zero-order valence-electron chi connectivity index (χ0n) is 13.6. The molecule has 1 aromatic rings. The highest BCUT2D eigenvalue weighted by Gasteiger charge is 2.39. The summed E-state index contributed by atoms with van der Waals surface area (Å²) in [5, 5.41) is 0.803. The molecular weight excluding hydrogens is 280 g/mol. The van der Waals surface area contributed by atoms with E-state index in [2.05, 4.69) is 37.8 Å². The summed E-state index contributed by atoms with van der Waals surface area (Å²) < 4.78 is 0. The van der Waals surface area contributed by atoms with Crippen molar-refractivity contribution in [2.24, 2.45) is 11.1 Å². The van der Waals surface area contributed by atoms with Crippen molar-refractivity contribution in [2.45, 2.75) is 58.5 Å². The Balaban J connectivity index is 2.26. The third-order valence-electron chi connectivity index (χ3n) is 5.43. The Labute approximate surface area is 134 Å². The minimum Gasteiger partial charge on any atom is -0.326 e. The van der Waals surface area contributed by atoms with Crippen LogP contribution >= 0.6 is 11.6 Å². The zero-order chi connectivity index (χ0) is 15.5. The number of hydrogen-bond acceptors (Lipinski definition) is 2. The number of benzene rings is 1.